The first-order valence-corrected chi connectivity index (χ1v) is 15.8. The first kappa shape index (κ1) is 30.5. The van der Waals surface area contributed by atoms with Gasteiger partial charge in [-0.3, -0.25) is 9.35 Å². The molecule has 12 heteroatoms. The van der Waals surface area contributed by atoms with Gasteiger partial charge in [0.25, 0.3) is 16.0 Å². The molecule has 5 rings (SSSR count). The minimum Gasteiger partial charge on any atom is -0.508 e. The lowest BCUT2D eigenvalue weighted by Gasteiger charge is -2.37. The van der Waals surface area contributed by atoms with E-state index in [0.29, 0.717) is 74.2 Å². The number of nitrogens with zero attached hydrogens (tertiary/aromatic N) is 1. The molecule has 2 aliphatic rings. The van der Waals surface area contributed by atoms with Crippen LogP contribution in [0.25, 0.3) is 0 Å². The summed E-state index contributed by atoms with van der Waals surface area (Å²) in [6.45, 7) is 2.61. The molecule has 6 N–H and O–H groups in total. The summed E-state index contributed by atoms with van der Waals surface area (Å²) in [4.78, 5) is 28.4. The number of amides is 1. The molecule has 43 heavy (non-hydrogen) atoms. The van der Waals surface area contributed by atoms with Gasteiger partial charge in [-0.2, -0.15) is 8.42 Å². The first-order valence-electron chi connectivity index (χ1n) is 14.2. The highest BCUT2D eigenvalue weighted by Gasteiger charge is 2.52. The van der Waals surface area contributed by atoms with Gasteiger partial charge in [0.2, 0.25) is 0 Å². The van der Waals surface area contributed by atoms with Crippen LogP contribution in [0.1, 0.15) is 67.8 Å². The molecule has 1 amide bonds. The van der Waals surface area contributed by atoms with Crippen LogP contribution in [-0.4, -0.2) is 78.4 Å². The van der Waals surface area contributed by atoms with Crippen LogP contribution in [0, 0.1) is 0 Å². The Kier molecular flexibility index (Phi) is 8.74. The van der Waals surface area contributed by atoms with E-state index < -0.39 is 21.7 Å². The van der Waals surface area contributed by atoms with Gasteiger partial charge < -0.3 is 30.9 Å². The Morgan fingerprint density at radius 2 is 1.51 bits per heavy atom. The molecule has 1 heterocycles. The summed E-state index contributed by atoms with van der Waals surface area (Å²) in [7, 11) is -4.02. The summed E-state index contributed by atoms with van der Waals surface area (Å²) < 4.78 is 37.2. The maximum Gasteiger partial charge on any atom is 0.340 e. The first-order chi connectivity index (χ1) is 20.5. The van der Waals surface area contributed by atoms with Crippen molar-refractivity contribution in [3.8, 4) is 11.5 Å². The number of rotatable bonds is 12. The second-order valence-electron chi connectivity index (χ2n) is 10.9. The zero-order valence-corrected chi connectivity index (χ0v) is 24.4. The van der Waals surface area contributed by atoms with Gasteiger partial charge in [-0.1, -0.05) is 18.2 Å². The van der Waals surface area contributed by atoms with E-state index in [1.54, 1.807) is 48.5 Å². The van der Waals surface area contributed by atoms with Crippen LogP contribution >= 0.6 is 0 Å². The van der Waals surface area contributed by atoms with Crippen LogP contribution < -0.4 is 11.1 Å². The lowest BCUT2D eigenvalue weighted by molar-refractivity contribution is 0.0240. The minimum atomic E-state index is -4.02. The predicted octanol–water partition coefficient (Wildman–Crippen LogP) is 2.51. The van der Waals surface area contributed by atoms with E-state index in [4.69, 9.17) is 15.0 Å². The third-order valence-electron chi connectivity index (χ3n) is 7.94. The number of nitrogens with one attached hydrogen (secondary N) is 1. The maximum absolute atomic E-state index is 13.3. The summed E-state index contributed by atoms with van der Waals surface area (Å²) in [5, 5.41) is 23.2. The van der Waals surface area contributed by atoms with E-state index in [1.165, 1.54) is 6.07 Å². The zero-order chi connectivity index (χ0) is 30.8. The number of carbonyl (C=O) groups excluding carboxylic acids is 2. The molecule has 0 unspecified atom stereocenters. The van der Waals surface area contributed by atoms with Crippen LogP contribution in [0.5, 0.6) is 11.5 Å². The number of hydrogen-bond donors (Lipinski definition) is 5. The molecule has 1 spiro atoms. The fourth-order valence-corrected chi connectivity index (χ4v) is 6.52. The number of hydrogen-bond acceptors (Lipinski definition) is 9. The molecule has 1 aliphatic carbocycles. The van der Waals surface area contributed by atoms with E-state index in [0.717, 1.165) is 17.5 Å². The van der Waals surface area contributed by atoms with E-state index in [2.05, 4.69) is 5.32 Å². The number of benzene rings is 3. The lowest BCUT2D eigenvalue weighted by atomic mass is 9.71. The highest BCUT2D eigenvalue weighted by atomic mass is 32.2. The molecule has 0 saturated carbocycles. The normalized spacial score (nSPS) is 14.7. The standard InChI is InChI=1S/C31H35N3O8S/c32-10-1-12-34(14-3-15-43(39,40)41)13-2-11-33-29(37)20-4-7-28-25(19-20)30(38)42-31(28)26-8-5-23(35)17-21(26)16-22-18-24(36)6-9-27(22)31/h4-9,17-19,35-36H,1-3,10-16,32H2,(H,33,37)(H,39,40,41). The average Bonchev–Trinajstić information content (AvgIpc) is 3.24. The van der Waals surface area contributed by atoms with Crippen molar-refractivity contribution in [3.05, 3.63) is 93.5 Å². The Balaban J connectivity index is 1.32. The smallest absolute Gasteiger partial charge is 0.340 e. The SMILES string of the molecule is NCCCN(CCCNC(=O)c1ccc2c(c1)C(=O)OC21c2ccc(O)cc2Cc2cc(O)ccc21)CCCS(=O)(=O)O. The predicted molar refractivity (Wildman–Crippen MR) is 159 cm³/mol. The van der Waals surface area contributed by atoms with Crippen LogP contribution in [0.3, 0.4) is 0 Å². The summed E-state index contributed by atoms with van der Waals surface area (Å²) in [5.41, 5.74) is 8.42. The van der Waals surface area contributed by atoms with Crippen molar-refractivity contribution in [3.63, 3.8) is 0 Å². The summed E-state index contributed by atoms with van der Waals surface area (Å²) in [6, 6.07) is 14.7. The second kappa shape index (κ2) is 12.3. The van der Waals surface area contributed by atoms with E-state index in [1.807, 2.05) is 4.90 Å². The molecule has 11 nitrogen and oxygen atoms in total. The van der Waals surface area contributed by atoms with Gasteiger partial charge in [0.1, 0.15) is 11.5 Å². The average molecular weight is 610 g/mol. The van der Waals surface area contributed by atoms with Gasteiger partial charge in [-0.05, 0) is 99.4 Å². The van der Waals surface area contributed by atoms with Crippen molar-refractivity contribution in [1.82, 2.24) is 10.2 Å². The molecule has 1 aliphatic heterocycles. The second-order valence-corrected chi connectivity index (χ2v) is 12.5. The van der Waals surface area contributed by atoms with Gasteiger partial charge in [0, 0.05) is 28.8 Å². The third-order valence-corrected chi connectivity index (χ3v) is 8.74. The lowest BCUT2D eigenvalue weighted by Crippen LogP contribution is -2.35. The van der Waals surface area contributed by atoms with Crippen LogP contribution in [-0.2, 0) is 26.9 Å². The van der Waals surface area contributed by atoms with Crippen molar-refractivity contribution in [2.24, 2.45) is 5.73 Å². The molecule has 0 aromatic heterocycles. The van der Waals surface area contributed by atoms with Gasteiger partial charge >= 0.3 is 5.97 Å². The number of fused-ring (bicyclic) bond motifs is 6. The van der Waals surface area contributed by atoms with Crippen LogP contribution in [0.4, 0.5) is 0 Å². The molecule has 0 saturated heterocycles. The van der Waals surface area contributed by atoms with Crippen molar-refractivity contribution < 1.29 is 37.5 Å². The summed E-state index contributed by atoms with van der Waals surface area (Å²) in [5.74, 6) is -1.09. The molecular weight excluding hydrogens is 574 g/mol. The maximum atomic E-state index is 13.3. The molecular formula is C31H35N3O8S. The molecule has 0 bridgehead atoms. The van der Waals surface area contributed by atoms with Crippen LogP contribution in [0.2, 0.25) is 0 Å². The highest BCUT2D eigenvalue weighted by Crippen LogP contribution is 2.52. The Morgan fingerprint density at radius 1 is 0.907 bits per heavy atom. The van der Waals surface area contributed by atoms with Crippen molar-refractivity contribution in [2.45, 2.75) is 31.3 Å². The minimum absolute atomic E-state index is 0.0784. The number of ether oxygens (including phenoxy) is 1. The fraction of sp³-hybridized carbons (Fsp3) is 0.355. The molecule has 228 valence electrons. The summed E-state index contributed by atoms with van der Waals surface area (Å²) in [6.07, 6.45) is 2.07. The van der Waals surface area contributed by atoms with Gasteiger partial charge in [-0.25, -0.2) is 4.79 Å². The number of aromatic hydroxyl groups is 2. The zero-order valence-electron chi connectivity index (χ0n) is 23.6. The van der Waals surface area contributed by atoms with Crippen LogP contribution in [0.15, 0.2) is 54.6 Å². The highest BCUT2D eigenvalue weighted by molar-refractivity contribution is 7.85. The Hall–Kier alpha value is -3.97. The number of carbonyl (C=O) groups is 2. The van der Waals surface area contributed by atoms with Gasteiger partial charge in [-0.15, -0.1) is 0 Å². The molecule has 0 fully saturated rings. The fourth-order valence-electron chi connectivity index (χ4n) is 6.03. The van der Waals surface area contributed by atoms with E-state index in [-0.39, 0.29) is 28.7 Å². The van der Waals surface area contributed by atoms with Crippen molar-refractivity contribution >= 4 is 22.0 Å². The van der Waals surface area contributed by atoms with E-state index >= 15 is 0 Å². The van der Waals surface area contributed by atoms with Gasteiger partial charge in [0.05, 0.1) is 11.3 Å². The molecule has 3 aromatic carbocycles. The number of phenolic OH excluding ortho intramolecular Hbond substituents is 2. The number of nitrogens with two attached hydrogens (primary N) is 1. The molecule has 3 aromatic rings. The number of phenols is 2. The Morgan fingerprint density at radius 3 is 2.14 bits per heavy atom. The number of esters is 1. The topological polar surface area (TPSA) is 179 Å². The monoisotopic (exact) mass is 609 g/mol. The van der Waals surface area contributed by atoms with Gasteiger partial charge in [0.15, 0.2) is 5.60 Å². The Labute approximate surface area is 250 Å². The third kappa shape index (κ3) is 6.37. The Bertz CT molecular complexity index is 1610. The molecule has 0 atom stereocenters. The quantitative estimate of drug-likeness (QED) is 0.116. The van der Waals surface area contributed by atoms with Crippen molar-refractivity contribution in [1.29, 1.82) is 0 Å². The van der Waals surface area contributed by atoms with Crippen molar-refractivity contribution in [2.75, 3.05) is 38.5 Å². The summed E-state index contributed by atoms with van der Waals surface area (Å²) >= 11 is 0. The molecule has 0 radical (unpaired) electrons. The van der Waals surface area contributed by atoms with E-state index in [9.17, 15) is 28.2 Å². The largest absolute Gasteiger partial charge is 0.508 e.